The number of ether oxygens (including phenoxy) is 1. The normalized spacial score (nSPS) is 15.4. The number of nitrogens with one attached hydrogen (secondary N) is 1. The number of halogens is 2. The molecule has 1 aliphatic rings. The maximum Gasteiger partial charge on any atom is 0.335 e. The fourth-order valence-corrected chi connectivity index (χ4v) is 3.17. The fraction of sp³-hybridized carbons (Fsp3) is 0.100. The summed E-state index contributed by atoms with van der Waals surface area (Å²) in [5.74, 6) is -2.10. The second-order valence-electron chi connectivity index (χ2n) is 6.29. The van der Waals surface area contributed by atoms with E-state index in [1.165, 1.54) is 24.3 Å². The Morgan fingerprint density at radius 1 is 1.17 bits per heavy atom. The molecular formula is C20H15Cl2N3O5. The van der Waals surface area contributed by atoms with Crippen LogP contribution in [0, 0.1) is 6.92 Å². The van der Waals surface area contributed by atoms with Crippen LogP contribution in [0.3, 0.4) is 0 Å². The Kier molecular flexibility index (Phi) is 6.09. The molecule has 8 nitrogen and oxygen atoms in total. The molecule has 0 radical (unpaired) electrons. The first-order valence-electron chi connectivity index (χ1n) is 8.56. The van der Waals surface area contributed by atoms with Crippen molar-refractivity contribution in [3.63, 3.8) is 0 Å². The van der Waals surface area contributed by atoms with Crippen molar-refractivity contribution in [2.75, 3.05) is 11.5 Å². The number of rotatable bonds is 5. The van der Waals surface area contributed by atoms with Crippen molar-refractivity contribution in [2.24, 2.45) is 5.73 Å². The van der Waals surface area contributed by atoms with Crippen LogP contribution in [0.1, 0.15) is 11.1 Å². The Morgan fingerprint density at radius 3 is 2.57 bits per heavy atom. The zero-order valence-corrected chi connectivity index (χ0v) is 17.1. The van der Waals surface area contributed by atoms with Crippen molar-refractivity contribution in [3.05, 3.63) is 63.1 Å². The molecule has 0 aromatic heterocycles. The Bertz CT molecular complexity index is 1110. The smallest absolute Gasteiger partial charge is 0.335 e. The van der Waals surface area contributed by atoms with Gasteiger partial charge in [0.1, 0.15) is 11.3 Å². The van der Waals surface area contributed by atoms with Gasteiger partial charge in [-0.3, -0.25) is 19.7 Å². The van der Waals surface area contributed by atoms with Crippen LogP contribution >= 0.6 is 23.2 Å². The van der Waals surface area contributed by atoms with Crippen LogP contribution < -0.4 is 20.7 Å². The van der Waals surface area contributed by atoms with Crippen LogP contribution in [0.15, 0.2) is 42.0 Å². The Labute approximate surface area is 181 Å². The minimum atomic E-state index is -0.874. The van der Waals surface area contributed by atoms with Crippen LogP contribution in [0.4, 0.5) is 10.5 Å². The summed E-state index contributed by atoms with van der Waals surface area (Å²) >= 11 is 12.2. The molecule has 10 heteroatoms. The van der Waals surface area contributed by atoms with Crippen LogP contribution in [0.25, 0.3) is 6.08 Å². The molecule has 1 saturated heterocycles. The molecule has 0 aliphatic carbocycles. The van der Waals surface area contributed by atoms with Gasteiger partial charge in [-0.15, -0.1) is 0 Å². The standard InChI is InChI=1S/C20H15Cl2N3O5/c1-10-13(21)3-2-4-15(10)25-19(28)12(18(27)24-20(25)29)7-11-5-6-16(14(22)8-11)30-9-17(23)26/h2-8H,9H2,1H3,(H2,23,26)(H,24,27,29)/b12-7+. The quantitative estimate of drug-likeness (QED) is 0.539. The number of benzene rings is 2. The number of barbiturate groups is 1. The van der Waals surface area contributed by atoms with Crippen LogP contribution in [-0.4, -0.2) is 30.4 Å². The first kappa shape index (κ1) is 21.4. The first-order chi connectivity index (χ1) is 14.2. The van der Waals surface area contributed by atoms with Gasteiger partial charge < -0.3 is 10.5 Å². The van der Waals surface area contributed by atoms with Gasteiger partial charge in [-0.05, 0) is 48.4 Å². The second-order valence-corrected chi connectivity index (χ2v) is 7.10. The summed E-state index contributed by atoms with van der Waals surface area (Å²) in [6.45, 7) is 1.31. The van der Waals surface area contributed by atoms with Crippen molar-refractivity contribution in [3.8, 4) is 5.75 Å². The van der Waals surface area contributed by atoms with E-state index in [4.69, 9.17) is 33.7 Å². The Balaban J connectivity index is 1.96. The van der Waals surface area contributed by atoms with Gasteiger partial charge in [0.25, 0.3) is 17.7 Å². The number of nitrogens with zero attached hydrogens (tertiary/aromatic N) is 1. The molecular weight excluding hydrogens is 433 g/mol. The van der Waals surface area contributed by atoms with E-state index in [0.717, 1.165) is 4.90 Å². The summed E-state index contributed by atoms with van der Waals surface area (Å²) < 4.78 is 5.16. The highest BCUT2D eigenvalue weighted by Crippen LogP contribution is 2.30. The number of carbonyl (C=O) groups excluding carboxylic acids is 4. The Morgan fingerprint density at radius 2 is 1.90 bits per heavy atom. The van der Waals surface area contributed by atoms with Gasteiger partial charge in [0.2, 0.25) is 0 Å². The summed E-state index contributed by atoms with van der Waals surface area (Å²) in [6, 6.07) is 8.33. The summed E-state index contributed by atoms with van der Waals surface area (Å²) in [4.78, 5) is 49.3. The van der Waals surface area contributed by atoms with E-state index >= 15 is 0 Å². The minimum absolute atomic E-state index is 0.146. The molecule has 1 heterocycles. The van der Waals surface area contributed by atoms with E-state index in [1.807, 2.05) is 0 Å². The van der Waals surface area contributed by atoms with Gasteiger partial charge in [0.05, 0.1) is 10.7 Å². The monoisotopic (exact) mass is 447 g/mol. The zero-order valence-electron chi connectivity index (χ0n) is 15.6. The third-order valence-corrected chi connectivity index (χ3v) is 4.92. The number of primary amides is 1. The van der Waals surface area contributed by atoms with Crippen molar-refractivity contribution in [1.82, 2.24) is 5.32 Å². The topological polar surface area (TPSA) is 119 Å². The van der Waals surface area contributed by atoms with E-state index in [2.05, 4.69) is 5.32 Å². The highest BCUT2D eigenvalue weighted by atomic mass is 35.5. The van der Waals surface area contributed by atoms with Crippen molar-refractivity contribution in [2.45, 2.75) is 6.92 Å². The van der Waals surface area contributed by atoms with Gasteiger partial charge >= 0.3 is 6.03 Å². The molecule has 3 N–H and O–H groups in total. The lowest BCUT2D eigenvalue weighted by Crippen LogP contribution is -2.54. The molecule has 2 aromatic rings. The molecule has 3 rings (SSSR count). The maximum absolute atomic E-state index is 13.0. The number of nitrogens with two attached hydrogens (primary N) is 1. The molecule has 0 unspecified atom stereocenters. The second kappa shape index (κ2) is 8.56. The third-order valence-electron chi connectivity index (χ3n) is 4.22. The molecule has 0 bridgehead atoms. The lowest BCUT2D eigenvalue weighted by atomic mass is 10.1. The zero-order chi connectivity index (χ0) is 22.0. The third kappa shape index (κ3) is 4.29. The first-order valence-corrected chi connectivity index (χ1v) is 9.32. The van der Waals surface area contributed by atoms with Crippen LogP contribution in [0.5, 0.6) is 5.75 Å². The molecule has 1 fully saturated rings. The number of urea groups is 1. The summed E-state index contributed by atoms with van der Waals surface area (Å²) in [5.41, 5.74) is 5.94. The van der Waals surface area contributed by atoms with Gasteiger partial charge in [0, 0.05) is 5.02 Å². The summed E-state index contributed by atoms with van der Waals surface area (Å²) in [5, 5.41) is 2.66. The molecule has 0 spiro atoms. The molecule has 30 heavy (non-hydrogen) atoms. The SMILES string of the molecule is Cc1c(Cl)cccc1N1C(=O)NC(=O)/C(=C\c2ccc(OCC(N)=O)c(Cl)c2)C1=O. The summed E-state index contributed by atoms with van der Waals surface area (Å²) in [6.07, 6.45) is 1.29. The van der Waals surface area contributed by atoms with E-state index in [0.29, 0.717) is 16.1 Å². The van der Waals surface area contributed by atoms with Crippen LogP contribution in [0.2, 0.25) is 10.0 Å². The number of carbonyl (C=O) groups is 4. The minimum Gasteiger partial charge on any atom is -0.482 e. The molecule has 1 aliphatic heterocycles. The molecule has 5 amide bonds. The molecule has 2 aromatic carbocycles. The van der Waals surface area contributed by atoms with Gasteiger partial charge in [0.15, 0.2) is 6.61 Å². The van der Waals surface area contributed by atoms with Gasteiger partial charge in [-0.2, -0.15) is 0 Å². The van der Waals surface area contributed by atoms with E-state index in [9.17, 15) is 19.2 Å². The van der Waals surface area contributed by atoms with Crippen molar-refractivity contribution < 1.29 is 23.9 Å². The van der Waals surface area contributed by atoms with Crippen LogP contribution in [-0.2, 0) is 14.4 Å². The highest BCUT2D eigenvalue weighted by Gasteiger charge is 2.37. The average Bonchev–Trinajstić information content (AvgIpc) is 2.67. The number of anilines is 1. The van der Waals surface area contributed by atoms with Gasteiger partial charge in [-0.1, -0.05) is 35.3 Å². The lowest BCUT2D eigenvalue weighted by Gasteiger charge is -2.27. The highest BCUT2D eigenvalue weighted by molar-refractivity contribution is 6.40. The molecule has 0 atom stereocenters. The molecule has 0 saturated carbocycles. The predicted octanol–water partition coefficient (Wildman–Crippen LogP) is 2.83. The number of hydrogen-bond acceptors (Lipinski definition) is 5. The number of amides is 5. The van der Waals surface area contributed by atoms with E-state index in [1.54, 1.807) is 25.1 Å². The average molecular weight is 448 g/mol. The Hall–Kier alpha value is -3.36. The van der Waals surface area contributed by atoms with E-state index < -0.39 is 23.8 Å². The maximum atomic E-state index is 13.0. The van der Waals surface area contributed by atoms with Gasteiger partial charge in [-0.25, -0.2) is 9.69 Å². The van der Waals surface area contributed by atoms with E-state index in [-0.39, 0.29) is 28.6 Å². The number of hydrogen-bond donors (Lipinski definition) is 2. The summed E-state index contributed by atoms with van der Waals surface area (Å²) in [7, 11) is 0. The molecule has 154 valence electrons. The fourth-order valence-electron chi connectivity index (χ4n) is 2.75. The van der Waals surface area contributed by atoms with Crippen molar-refractivity contribution in [1.29, 1.82) is 0 Å². The van der Waals surface area contributed by atoms with Crippen molar-refractivity contribution >= 4 is 58.7 Å². The largest absolute Gasteiger partial charge is 0.482 e. The lowest BCUT2D eigenvalue weighted by molar-refractivity contribution is -0.123. The predicted molar refractivity (Wildman–Crippen MR) is 111 cm³/mol. The number of imide groups is 2.